The Bertz CT molecular complexity index is 250. The molecule has 1 rings (SSSR count). The van der Waals surface area contributed by atoms with Gasteiger partial charge in [-0.3, -0.25) is 0 Å². The van der Waals surface area contributed by atoms with Crippen molar-refractivity contribution in [2.24, 2.45) is 5.92 Å². The van der Waals surface area contributed by atoms with Crippen LogP contribution in [0.1, 0.15) is 52.2 Å². The maximum atomic E-state index is 2.33. The summed E-state index contributed by atoms with van der Waals surface area (Å²) >= 11 is 0. The lowest BCUT2D eigenvalue weighted by molar-refractivity contribution is 0.558. The Morgan fingerprint density at radius 1 is 1.00 bits per heavy atom. The van der Waals surface area contributed by atoms with Crippen LogP contribution in [0.15, 0.2) is 24.3 Å². The van der Waals surface area contributed by atoms with Crippen molar-refractivity contribution in [3.05, 3.63) is 35.4 Å². The Hall–Kier alpha value is -0.780. The quantitative estimate of drug-likeness (QED) is 0.659. The maximum Gasteiger partial charge on any atom is -0.0250 e. The van der Waals surface area contributed by atoms with Crippen molar-refractivity contribution in [3.8, 4) is 0 Å². The van der Waals surface area contributed by atoms with Gasteiger partial charge in [0.2, 0.25) is 0 Å². The van der Waals surface area contributed by atoms with Gasteiger partial charge in [0, 0.05) is 0 Å². The van der Waals surface area contributed by atoms with Gasteiger partial charge < -0.3 is 0 Å². The van der Waals surface area contributed by atoms with Gasteiger partial charge in [-0.05, 0) is 29.9 Å². The second-order valence-electron chi connectivity index (χ2n) is 3.84. The first kappa shape index (κ1) is 14.2. The van der Waals surface area contributed by atoms with Gasteiger partial charge in [0.05, 0.1) is 0 Å². The van der Waals surface area contributed by atoms with E-state index in [-0.39, 0.29) is 0 Å². The van der Waals surface area contributed by atoms with Crippen molar-refractivity contribution in [2.75, 3.05) is 0 Å². The standard InChI is InChI=1S/C13H20.C2H6/c1-4-11(3)10-13-9-7-6-8-12(13)5-2;1-2/h6-9,11H,4-5,10H2,1-3H3;1-2H3/t11-;/m0./s1. The minimum absolute atomic E-state index is 0.813. The van der Waals surface area contributed by atoms with Crippen LogP contribution in [-0.2, 0) is 12.8 Å². The van der Waals surface area contributed by atoms with Crippen LogP contribution in [0.5, 0.6) is 0 Å². The summed E-state index contributed by atoms with van der Waals surface area (Å²) in [5.41, 5.74) is 3.06. The summed E-state index contributed by atoms with van der Waals surface area (Å²) in [5.74, 6) is 0.813. The normalized spacial score (nSPS) is 11.5. The van der Waals surface area contributed by atoms with Crippen LogP contribution < -0.4 is 0 Å². The third-order valence-electron chi connectivity index (χ3n) is 2.76. The number of aryl methyl sites for hydroxylation is 1. The third-order valence-corrected chi connectivity index (χ3v) is 2.76. The average Bonchev–Trinajstić information content (AvgIpc) is 2.32. The van der Waals surface area contributed by atoms with Crippen LogP contribution in [0.25, 0.3) is 0 Å². The molecule has 0 saturated heterocycles. The molecule has 0 heteroatoms. The molecule has 0 aliphatic heterocycles. The van der Waals surface area contributed by atoms with E-state index in [9.17, 15) is 0 Å². The Morgan fingerprint density at radius 3 is 2.00 bits per heavy atom. The highest BCUT2D eigenvalue weighted by Crippen LogP contribution is 2.16. The first-order valence-electron chi connectivity index (χ1n) is 6.34. The summed E-state index contributed by atoms with van der Waals surface area (Å²) in [6.07, 6.45) is 3.67. The molecule has 1 aromatic carbocycles. The van der Waals surface area contributed by atoms with Gasteiger partial charge in [0.15, 0.2) is 0 Å². The first-order valence-corrected chi connectivity index (χ1v) is 6.34. The molecule has 0 heterocycles. The molecule has 0 aromatic heterocycles. The largest absolute Gasteiger partial charge is 0.0683 e. The Balaban J connectivity index is 0.000000921. The third kappa shape index (κ3) is 5.01. The lowest BCUT2D eigenvalue weighted by Gasteiger charge is -2.11. The van der Waals surface area contributed by atoms with Crippen LogP contribution in [-0.4, -0.2) is 0 Å². The highest BCUT2D eigenvalue weighted by atomic mass is 14.1. The predicted octanol–water partition coefficient (Wildman–Crippen LogP) is 4.86. The molecule has 0 aliphatic rings. The van der Waals surface area contributed by atoms with Crippen molar-refractivity contribution in [1.82, 2.24) is 0 Å². The highest BCUT2D eigenvalue weighted by molar-refractivity contribution is 5.27. The van der Waals surface area contributed by atoms with Gasteiger partial charge in [-0.15, -0.1) is 0 Å². The molecular formula is C15H26. The van der Waals surface area contributed by atoms with Crippen molar-refractivity contribution >= 4 is 0 Å². The minimum atomic E-state index is 0.813. The molecule has 0 nitrogen and oxygen atoms in total. The molecule has 0 amide bonds. The summed E-state index contributed by atoms with van der Waals surface area (Å²) in [5, 5.41) is 0. The predicted molar refractivity (Wildman–Crippen MR) is 70.3 cm³/mol. The van der Waals surface area contributed by atoms with Gasteiger partial charge in [-0.2, -0.15) is 0 Å². The molecule has 1 atom stereocenters. The molecule has 0 N–H and O–H groups in total. The summed E-state index contributed by atoms with van der Waals surface area (Å²) in [7, 11) is 0. The summed E-state index contributed by atoms with van der Waals surface area (Å²) in [4.78, 5) is 0. The number of benzene rings is 1. The summed E-state index contributed by atoms with van der Waals surface area (Å²) in [6, 6.07) is 8.80. The van der Waals surface area contributed by atoms with Crippen molar-refractivity contribution < 1.29 is 0 Å². The molecule has 0 unspecified atom stereocenters. The molecule has 0 saturated carbocycles. The van der Waals surface area contributed by atoms with Crippen molar-refractivity contribution in [2.45, 2.75) is 53.9 Å². The van der Waals surface area contributed by atoms with Gasteiger partial charge in [0.25, 0.3) is 0 Å². The lowest BCUT2D eigenvalue weighted by atomic mass is 9.94. The van der Waals surface area contributed by atoms with E-state index < -0.39 is 0 Å². The zero-order valence-electron chi connectivity index (χ0n) is 11.0. The van der Waals surface area contributed by atoms with E-state index in [1.165, 1.54) is 18.4 Å². The van der Waals surface area contributed by atoms with E-state index in [0.29, 0.717) is 0 Å². The smallest absolute Gasteiger partial charge is 0.0250 e. The topological polar surface area (TPSA) is 0 Å². The maximum absolute atomic E-state index is 2.33. The second kappa shape index (κ2) is 8.52. The van der Waals surface area contributed by atoms with Gasteiger partial charge in [-0.1, -0.05) is 65.3 Å². The fourth-order valence-electron chi connectivity index (χ4n) is 1.62. The van der Waals surface area contributed by atoms with E-state index in [4.69, 9.17) is 0 Å². The molecule has 1 aromatic rings. The molecule has 0 bridgehead atoms. The molecule has 0 aliphatic carbocycles. The highest BCUT2D eigenvalue weighted by Gasteiger charge is 2.03. The van der Waals surface area contributed by atoms with E-state index >= 15 is 0 Å². The summed E-state index contributed by atoms with van der Waals surface area (Å²) in [6.45, 7) is 10.8. The lowest BCUT2D eigenvalue weighted by Crippen LogP contribution is -2.00. The molecule has 0 fully saturated rings. The van der Waals surface area contributed by atoms with Crippen molar-refractivity contribution in [1.29, 1.82) is 0 Å². The Morgan fingerprint density at radius 2 is 1.53 bits per heavy atom. The SMILES string of the molecule is CC.CCc1ccccc1C[C@@H](C)CC. The monoisotopic (exact) mass is 206 g/mol. The fourth-order valence-corrected chi connectivity index (χ4v) is 1.62. The van der Waals surface area contributed by atoms with Crippen molar-refractivity contribution in [3.63, 3.8) is 0 Å². The van der Waals surface area contributed by atoms with Crippen LogP contribution in [0.3, 0.4) is 0 Å². The zero-order chi connectivity index (χ0) is 11.7. The van der Waals surface area contributed by atoms with E-state index in [2.05, 4.69) is 45.0 Å². The van der Waals surface area contributed by atoms with E-state index in [1.807, 2.05) is 13.8 Å². The van der Waals surface area contributed by atoms with Gasteiger partial charge >= 0.3 is 0 Å². The van der Waals surface area contributed by atoms with Crippen LogP contribution >= 0.6 is 0 Å². The van der Waals surface area contributed by atoms with Crippen LogP contribution in [0.4, 0.5) is 0 Å². The Kier molecular flexibility index (Phi) is 8.08. The minimum Gasteiger partial charge on any atom is -0.0683 e. The van der Waals surface area contributed by atoms with Crippen LogP contribution in [0.2, 0.25) is 0 Å². The number of hydrogen-bond acceptors (Lipinski definition) is 0. The van der Waals surface area contributed by atoms with Gasteiger partial charge in [-0.25, -0.2) is 0 Å². The summed E-state index contributed by atoms with van der Waals surface area (Å²) < 4.78 is 0. The molecule has 86 valence electrons. The van der Waals surface area contributed by atoms with Gasteiger partial charge in [0.1, 0.15) is 0 Å². The number of hydrogen-bond donors (Lipinski definition) is 0. The number of rotatable bonds is 4. The van der Waals surface area contributed by atoms with E-state index in [0.717, 1.165) is 12.3 Å². The molecule has 15 heavy (non-hydrogen) atoms. The molecular weight excluding hydrogens is 180 g/mol. The fraction of sp³-hybridized carbons (Fsp3) is 0.600. The zero-order valence-corrected chi connectivity index (χ0v) is 11.0. The van der Waals surface area contributed by atoms with E-state index in [1.54, 1.807) is 5.56 Å². The molecule has 0 spiro atoms. The molecule has 0 radical (unpaired) electrons. The second-order valence-corrected chi connectivity index (χ2v) is 3.84. The first-order chi connectivity index (χ1) is 7.27. The average molecular weight is 206 g/mol. The Labute approximate surface area is 95.7 Å². The van der Waals surface area contributed by atoms with Crippen LogP contribution in [0, 0.1) is 5.92 Å².